The van der Waals surface area contributed by atoms with Gasteiger partial charge in [-0.15, -0.1) is 0 Å². The van der Waals surface area contributed by atoms with Crippen LogP contribution in [0.4, 0.5) is 4.79 Å². The number of carbonyl (C=O) groups excluding carboxylic acids is 1. The number of aromatic nitrogens is 1. The average molecular weight is 229 g/mol. The Balaban J connectivity index is 2.83. The number of aldehydes is 1. The molecule has 1 rings (SSSR count). The highest BCUT2D eigenvalue weighted by molar-refractivity contribution is 6.29. The van der Waals surface area contributed by atoms with E-state index in [4.69, 9.17) is 16.7 Å². The molecule has 6 heteroatoms. The van der Waals surface area contributed by atoms with E-state index in [-0.39, 0.29) is 6.42 Å². The van der Waals surface area contributed by atoms with Gasteiger partial charge in [0.1, 0.15) is 11.4 Å². The van der Waals surface area contributed by atoms with Gasteiger partial charge in [-0.2, -0.15) is 0 Å². The van der Waals surface area contributed by atoms with E-state index in [0.717, 1.165) is 0 Å². The summed E-state index contributed by atoms with van der Waals surface area (Å²) in [5.74, 6) is 0. The Morgan fingerprint density at radius 1 is 1.67 bits per heavy atom. The minimum absolute atomic E-state index is 0.0651. The van der Waals surface area contributed by atoms with Gasteiger partial charge in [0.25, 0.3) is 0 Å². The molecule has 0 saturated heterocycles. The average Bonchev–Trinajstić information content (AvgIpc) is 2.17. The number of hydrogen-bond acceptors (Lipinski definition) is 3. The normalized spacial score (nSPS) is 11.8. The summed E-state index contributed by atoms with van der Waals surface area (Å²) in [6.45, 7) is 0. The number of hydrogen-bond donors (Lipinski definition) is 2. The van der Waals surface area contributed by atoms with Crippen molar-refractivity contribution in [2.24, 2.45) is 0 Å². The lowest BCUT2D eigenvalue weighted by atomic mass is 10.1. The van der Waals surface area contributed by atoms with Gasteiger partial charge in [-0.3, -0.25) is 0 Å². The van der Waals surface area contributed by atoms with Gasteiger partial charge >= 0.3 is 6.09 Å². The van der Waals surface area contributed by atoms with Crippen LogP contribution in [0, 0.1) is 0 Å². The van der Waals surface area contributed by atoms with E-state index < -0.39 is 12.1 Å². The zero-order valence-electron chi connectivity index (χ0n) is 7.68. The topological polar surface area (TPSA) is 79.3 Å². The fourth-order valence-corrected chi connectivity index (χ4v) is 1.23. The molecule has 5 nitrogen and oxygen atoms in total. The third-order valence-corrected chi connectivity index (χ3v) is 2.01. The summed E-state index contributed by atoms with van der Waals surface area (Å²) in [5, 5.41) is 11.1. The van der Waals surface area contributed by atoms with Crippen molar-refractivity contribution >= 4 is 24.0 Å². The Morgan fingerprint density at radius 2 is 2.40 bits per heavy atom. The maximum Gasteiger partial charge on any atom is 0.405 e. The molecule has 0 radical (unpaired) electrons. The number of carboxylic acid groups (broad SMARTS) is 1. The van der Waals surface area contributed by atoms with Crippen LogP contribution in [0.3, 0.4) is 0 Å². The molecule has 0 aliphatic heterocycles. The van der Waals surface area contributed by atoms with Gasteiger partial charge in [-0.25, -0.2) is 9.78 Å². The van der Waals surface area contributed by atoms with Gasteiger partial charge < -0.3 is 15.2 Å². The molecule has 1 atom stereocenters. The standard InChI is InChI=1S/C9H9ClN2O3/c10-8-2-1-6(5-11-8)7(3-4-13)12-9(14)15/h1-2,4-5,7,12H,3H2,(H,14,15)/t7-/m1/s1. The Kier molecular flexibility index (Phi) is 4.05. The van der Waals surface area contributed by atoms with Crippen molar-refractivity contribution in [3.63, 3.8) is 0 Å². The van der Waals surface area contributed by atoms with Crippen molar-refractivity contribution in [2.45, 2.75) is 12.5 Å². The van der Waals surface area contributed by atoms with Gasteiger partial charge in [0.05, 0.1) is 6.04 Å². The molecule has 1 amide bonds. The van der Waals surface area contributed by atoms with Crippen molar-refractivity contribution in [1.29, 1.82) is 0 Å². The van der Waals surface area contributed by atoms with E-state index in [1.165, 1.54) is 12.3 Å². The highest BCUT2D eigenvalue weighted by atomic mass is 35.5. The van der Waals surface area contributed by atoms with Crippen LogP contribution >= 0.6 is 11.6 Å². The van der Waals surface area contributed by atoms with Crippen LogP contribution < -0.4 is 5.32 Å². The lowest BCUT2D eigenvalue weighted by molar-refractivity contribution is -0.108. The fourth-order valence-electron chi connectivity index (χ4n) is 1.12. The molecule has 0 aliphatic carbocycles. The van der Waals surface area contributed by atoms with Gasteiger partial charge in [-0.05, 0) is 11.6 Å². The van der Waals surface area contributed by atoms with Crippen LogP contribution in [-0.2, 0) is 4.79 Å². The molecule has 0 unspecified atom stereocenters. The molecular weight excluding hydrogens is 220 g/mol. The van der Waals surface area contributed by atoms with Gasteiger partial charge in [0, 0.05) is 12.6 Å². The summed E-state index contributed by atoms with van der Waals surface area (Å²) in [6, 6.07) is 2.59. The van der Waals surface area contributed by atoms with E-state index >= 15 is 0 Å². The Morgan fingerprint density at radius 3 is 2.87 bits per heavy atom. The van der Waals surface area contributed by atoms with E-state index in [0.29, 0.717) is 17.0 Å². The quantitative estimate of drug-likeness (QED) is 0.606. The minimum Gasteiger partial charge on any atom is -0.465 e. The first-order valence-electron chi connectivity index (χ1n) is 4.18. The molecule has 1 heterocycles. The molecule has 0 saturated carbocycles. The van der Waals surface area contributed by atoms with E-state index in [1.54, 1.807) is 6.07 Å². The monoisotopic (exact) mass is 228 g/mol. The first kappa shape index (κ1) is 11.5. The second-order valence-corrected chi connectivity index (χ2v) is 3.21. The number of nitrogens with one attached hydrogen (secondary N) is 1. The van der Waals surface area contributed by atoms with E-state index in [9.17, 15) is 9.59 Å². The van der Waals surface area contributed by atoms with Crippen molar-refractivity contribution in [1.82, 2.24) is 10.3 Å². The molecule has 0 bridgehead atoms. The maximum absolute atomic E-state index is 10.5. The fraction of sp³-hybridized carbons (Fsp3) is 0.222. The largest absolute Gasteiger partial charge is 0.465 e. The molecule has 80 valence electrons. The summed E-state index contributed by atoms with van der Waals surface area (Å²) < 4.78 is 0. The predicted octanol–water partition coefficient (Wildman–Crippen LogP) is 1.63. The van der Waals surface area contributed by atoms with Gasteiger partial charge in [-0.1, -0.05) is 17.7 Å². The lowest BCUT2D eigenvalue weighted by Crippen LogP contribution is -2.27. The highest BCUT2D eigenvalue weighted by Crippen LogP contribution is 2.16. The smallest absolute Gasteiger partial charge is 0.405 e. The Hall–Kier alpha value is -1.62. The summed E-state index contributed by atoms with van der Waals surface area (Å²) in [6.07, 6.45) is 0.967. The number of nitrogens with zero attached hydrogens (tertiary/aromatic N) is 1. The molecule has 1 aromatic rings. The molecule has 15 heavy (non-hydrogen) atoms. The summed E-state index contributed by atoms with van der Waals surface area (Å²) in [7, 11) is 0. The Bertz CT molecular complexity index is 353. The third kappa shape index (κ3) is 3.55. The number of rotatable bonds is 4. The molecule has 0 spiro atoms. The lowest BCUT2D eigenvalue weighted by Gasteiger charge is -2.13. The zero-order valence-corrected chi connectivity index (χ0v) is 8.44. The molecule has 0 aromatic carbocycles. The number of halogens is 1. The summed E-state index contributed by atoms with van der Waals surface area (Å²) in [4.78, 5) is 24.6. The van der Waals surface area contributed by atoms with Crippen molar-refractivity contribution in [2.75, 3.05) is 0 Å². The van der Waals surface area contributed by atoms with Crippen molar-refractivity contribution in [3.8, 4) is 0 Å². The van der Waals surface area contributed by atoms with Crippen LogP contribution in [0.5, 0.6) is 0 Å². The molecular formula is C9H9ClN2O3. The molecule has 0 aliphatic rings. The summed E-state index contributed by atoms with van der Waals surface area (Å²) >= 11 is 5.58. The highest BCUT2D eigenvalue weighted by Gasteiger charge is 2.13. The van der Waals surface area contributed by atoms with E-state index in [2.05, 4.69) is 10.3 Å². The molecule has 2 N–H and O–H groups in total. The van der Waals surface area contributed by atoms with Crippen LogP contribution in [0.2, 0.25) is 5.15 Å². The van der Waals surface area contributed by atoms with Crippen LogP contribution in [0.1, 0.15) is 18.0 Å². The second-order valence-electron chi connectivity index (χ2n) is 2.82. The second kappa shape index (κ2) is 5.31. The van der Waals surface area contributed by atoms with Crippen LogP contribution in [0.25, 0.3) is 0 Å². The zero-order chi connectivity index (χ0) is 11.3. The van der Waals surface area contributed by atoms with Crippen molar-refractivity contribution in [3.05, 3.63) is 29.0 Å². The van der Waals surface area contributed by atoms with Gasteiger partial charge in [0.2, 0.25) is 0 Å². The molecule has 1 aromatic heterocycles. The third-order valence-electron chi connectivity index (χ3n) is 1.78. The number of amides is 1. The minimum atomic E-state index is -1.18. The first-order valence-corrected chi connectivity index (χ1v) is 4.56. The predicted molar refractivity (Wildman–Crippen MR) is 53.8 cm³/mol. The maximum atomic E-state index is 10.5. The van der Waals surface area contributed by atoms with Crippen molar-refractivity contribution < 1.29 is 14.7 Å². The summed E-state index contributed by atoms with van der Waals surface area (Å²) in [5.41, 5.74) is 0.605. The molecule has 0 fully saturated rings. The number of carbonyl (C=O) groups is 2. The van der Waals surface area contributed by atoms with Gasteiger partial charge in [0.15, 0.2) is 0 Å². The Labute approximate surface area is 91.1 Å². The van der Waals surface area contributed by atoms with Crippen LogP contribution in [-0.4, -0.2) is 22.5 Å². The SMILES string of the molecule is O=CC[C@@H](NC(=O)O)c1ccc(Cl)nc1. The van der Waals surface area contributed by atoms with Crippen LogP contribution in [0.15, 0.2) is 18.3 Å². The number of pyridine rings is 1. The van der Waals surface area contributed by atoms with E-state index in [1.807, 2.05) is 0 Å². The first-order chi connectivity index (χ1) is 7.13.